The molecule has 2 aromatic carbocycles. The van der Waals surface area contributed by atoms with Crippen LogP contribution >= 0.6 is 0 Å². The number of alkyl carbamates (subject to hydrolysis) is 1. The van der Waals surface area contributed by atoms with Gasteiger partial charge in [-0.05, 0) is 118 Å². The van der Waals surface area contributed by atoms with Gasteiger partial charge in [0.25, 0.3) is 5.56 Å². The average Bonchev–Trinajstić information content (AvgIpc) is 1.69. The van der Waals surface area contributed by atoms with Gasteiger partial charge in [0, 0.05) is 67.4 Å². The lowest BCUT2D eigenvalue weighted by molar-refractivity contribution is -0.172. The lowest BCUT2D eigenvalue weighted by atomic mass is 9.81. The van der Waals surface area contributed by atoms with Crippen molar-refractivity contribution in [3.05, 3.63) is 91.5 Å². The number of hydrogen-bond donors (Lipinski definition) is 15. The number of hydrogen-bond acceptors (Lipinski definition) is 32. The van der Waals surface area contributed by atoms with Crippen LogP contribution in [0, 0.1) is 18.7 Å². The molecule has 127 heavy (non-hydrogen) atoms. The quantitative estimate of drug-likeness (QED) is 0.0182. The molecule has 1 aliphatic carbocycles. The zero-order valence-corrected chi connectivity index (χ0v) is 73.5. The molecule has 4 aromatic rings. The van der Waals surface area contributed by atoms with Gasteiger partial charge in [-0.25, -0.2) is 23.8 Å². The third kappa shape index (κ3) is 35.9. The first-order valence-corrected chi connectivity index (χ1v) is 43.7. The first-order valence-electron chi connectivity index (χ1n) is 43.7. The standard InChI is InChI=1S/C86H134FN11O29/c1-5-86(113)63-49-69-78-61(51-98(69)82(109)62(63)55-126-83(86)110)76-66(16-15-60-57(4)64(87)50-68(93-78)75(60)76)95-85(112)127-54-58-11-13-59(14-12-58)92-80(107)67(10-8-21-91-84(89)111)94-81(108)77(56(2)3)96-79(106)65(88)9-6-7-20-90-74(105)19-25-114-27-29-116-31-33-118-35-37-120-39-41-122-43-45-124-47-48-125-46-44-123-42-40-121-38-36-119-34-32-117-30-28-115-26-24-97(22-17-70(101)72(103)52-99)23-18-71(102)73(104)53-100/h11-14,49-50,56,65-67,70-73,77,99-104,113H,5-10,15-48,51-55,88H2,1-4H3,(H,90,105)(H,92,107)(H,94,108)(H,95,112)(H,96,106)(H3,89,91,111)/t65-,66-,67-,70+,71+,72-,73-,77-,86-/m0/s1. The second-order valence-electron chi connectivity index (χ2n) is 31.1. The number of rotatable bonds is 69. The summed E-state index contributed by atoms with van der Waals surface area (Å²) >= 11 is 0. The predicted octanol–water partition coefficient (Wildman–Crippen LogP) is 0.167. The fourth-order valence-electron chi connectivity index (χ4n) is 14.2. The maximum atomic E-state index is 15.5. The van der Waals surface area contributed by atoms with E-state index < -0.39 is 121 Å². The Morgan fingerprint density at radius 2 is 1.13 bits per heavy atom. The fourth-order valence-corrected chi connectivity index (χ4v) is 14.2. The Kier molecular flexibility index (Phi) is 48.7. The Bertz CT molecular complexity index is 4040. The number of carbonyl (C=O) groups is 7. The van der Waals surface area contributed by atoms with Crippen LogP contribution in [0.3, 0.4) is 0 Å². The fraction of sp³-hybridized carbons (Fsp3) is 0.686. The number of cyclic esters (lactones) is 1. The Hall–Kier alpha value is -8.22. The smallest absolute Gasteiger partial charge is 0.407 e. The number of nitrogens with two attached hydrogens (primary N) is 2. The van der Waals surface area contributed by atoms with Crippen LogP contribution in [0.5, 0.6) is 0 Å². The van der Waals surface area contributed by atoms with Gasteiger partial charge in [-0.1, -0.05) is 32.9 Å². The van der Waals surface area contributed by atoms with E-state index in [1.54, 1.807) is 58.0 Å². The summed E-state index contributed by atoms with van der Waals surface area (Å²) in [5.41, 5.74) is 13.6. The molecule has 0 radical (unpaired) electrons. The molecule has 2 aromatic heterocycles. The molecule has 3 aliphatic rings. The minimum atomic E-state index is -2.06. The molecule has 0 saturated heterocycles. The number of unbranched alkanes of at least 4 members (excludes halogenated alkanes) is 1. The summed E-state index contributed by atoms with van der Waals surface area (Å²) < 4.78 is 94.5. The lowest BCUT2D eigenvalue weighted by Gasteiger charge is -2.31. The summed E-state index contributed by atoms with van der Waals surface area (Å²) in [6, 6.07) is 4.65. The highest BCUT2D eigenvalue weighted by Gasteiger charge is 2.46. The molecule has 9 atom stereocenters. The molecule has 0 bridgehead atoms. The van der Waals surface area contributed by atoms with Gasteiger partial charge >= 0.3 is 18.1 Å². The molecule has 40 nitrogen and oxygen atoms in total. The first kappa shape index (κ1) is 106. The van der Waals surface area contributed by atoms with E-state index >= 15 is 4.39 Å². The summed E-state index contributed by atoms with van der Waals surface area (Å²) in [4.78, 5) is 113. The maximum absolute atomic E-state index is 15.5. The number of nitrogens with one attached hydrogen (secondary N) is 6. The number of aliphatic hydroxyl groups is 7. The largest absolute Gasteiger partial charge is 0.458 e. The molecule has 41 heteroatoms. The van der Waals surface area contributed by atoms with E-state index in [1.807, 2.05) is 4.90 Å². The molecule has 0 spiro atoms. The highest BCUT2D eigenvalue weighted by Crippen LogP contribution is 2.46. The Morgan fingerprint density at radius 1 is 0.622 bits per heavy atom. The molecule has 17 N–H and O–H groups in total. The summed E-state index contributed by atoms with van der Waals surface area (Å²) in [5, 5.41) is 86.1. The highest BCUT2D eigenvalue weighted by molar-refractivity contribution is 5.99. The van der Waals surface area contributed by atoms with Gasteiger partial charge in [0.2, 0.25) is 23.6 Å². The number of primary amides is 1. The number of carbonyl (C=O) groups excluding carboxylic acids is 7. The number of aromatic nitrogens is 2. The normalized spacial score (nSPS) is 16.2. The van der Waals surface area contributed by atoms with E-state index in [4.69, 9.17) is 93.0 Å². The summed E-state index contributed by atoms with van der Waals surface area (Å²) in [5.74, 6) is -3.83. The van der Waals surface area contributed by atoms with Crippen molar-refractivity contribution in [1.82, 2.24) is 41.0 Å². The molecule has 0 saturated carbocycles. The lowest BCUT2D eigenvalue weighted by Crippen LogP contribution is -2.56. The SMILES string of the molecule is CC[C@@]1(O)C(=O)OCc2c1cc1n(c2=O)Cc2c-1nc1cc(F)c(C)c3c1c2[C@@H](NC(=O)OCc1ccc(NC(=O)[C@H](CCCNC(N)=O)NC(=O)[C@@H](NC(=O)[C@@H](N)CCCCNC(=O)CCOCCOCCOCCOCCOCCOCCOCCOCCOCCOCCOCCOCCN(CC[C@@H](O)[C@@H](O)CO)CC[C@@H](O)[C@@H](O)CO)C(C)C)cc1)CC3. The number of pyridine rings is 2. The molecular formula is C86H134FN11O29. The number of amides is 7. The summed E-state index contributed by atoms with van der Waals surface area (Å²) in [6.45, 7) is 15.8. The number of anilines is 1. The van der Waals surface area contributed by atoms with Crippen LogP contribution in [-0.4, -0.2) is 339 Å². The van der Waals surface area contributed by atoms with Crippen molar-refractivity contribution >= 4 is 58.3 Å². The zero-order chi connectivity index (χ0) is 91.9. The number of aliphatic hydroxyl groups excluding tert-OH is 6. The van der Waals surface area contributed by atoms with Crippen LogP contribution in [0.15, 0.2) is 41.2 Å². The minimum absolute atomic E-state index is 0.0473. The van der Waals surface area contributed by atoms with E-state index in [2.05, 4.69) is 31.9 Å². The van der Waals surface area contributed by atoms with Gasteiger partial charge in [-0.2, -0.15) is 0 Å². The molecule has 0 unspecified atom stereocenters. The second-order valence-corrected chi connectivity index (χ2v) is 31.1. The zero-order valence-electron chi connectivity index (χ0n) is 73.5. The number of ether oxygens (including phenoxy) is 14. The van der Waals surface area contributed by atoms with Gasteiger partial charge in [0.1, 0.15) is 43.3 Å². The van der Waals surface area contributed by atoms with Crippen LogP contribution in [0.1, 0.15) is 130 Å². The van der Waals surface area contributed by atoms with Gasteiger partial charge in [-0.15, -0.1) is 0 Å². The van der Waals surface area contributed by atoms with E-state index in [0.29, 0.717) is 247 Å². The first-order chi connectivity index (χ1) is 61.3. The maximum Gasteiger partial charge on any atom is 0.407 e. The van der Waals surface area contributed by atoms with Crippen molar-refractivity contribution in [3.63, 3.8) is 0 Å². The van der Waals surface area contributed by atoms with Crippen molar-refractivity contribution in [2.75, 3.05) is 210 Å². The number of urea groups is 1. The number of nitrogens with zero attached hydrogens (tertiary/aromatic N) is 3. The van der Waals surface area contributed by atoms with Gasteiger partial charge in [0.15, 0.2) is 5.60 Å². The van der Waals surface area contributed by atoms with Crippen molar-refractivity contribution in [2.45, 2.75) is 172 Å². The minimum Gasteiger partial charge on any atom is -0.458 e. The van der Waals surface area contributed by atoms with E-state index in [0.717, 1.165) is 5.56 Å². The van der Waals surface area contributed by atoms with Crippen LogP contribution < -0.4 is 48.9 Å². The molecule has 7 rings (SSSR count). The van der Waals surface area contributed by atoms with Crippen molar-refractivity contribution in [2.24, 2.45) is 17.4 Å². The van der Waals surface area contributed by atoms with E-state index in [-0.39, 0.29) is 101 Å². The van der Waals surface area contributed by atoms with Crippen LogP contribution in [0.4, 0.5) is 19.7 Å². The summed E-state index contributed by atoms with van der Waals surface area (Å²) in [6.07, 6.45) is -2.77. The number of aryl methyl sites for hydroxylation is 1. The molecule has 4 heterocycles. The monoisotopic (exact) mass is 1800 g/mol. The average molecular weight is 1810 g/mol. The molecular weight excluding hydrogens is 1670 g/mol. The highest BCUT2D eigenvalue weighted by atomic mass is 19.1. The topological polar surface area (TPSA) is 553 Å². The Morgan fingerprint density at radius 3 is 1.64 bits per heavy atom. The third-order valence-electron chi connectivity index (χ3n) is 21.6. The number of benzene rings is 2. The van der Waals surface area contributed by atoms with Gasteiger partial charge in [0.05, 0.1) is 225 Å². The van der Waals surface area contributed by atoms with Crippen molar-refractivity contribution < 1.29 is 140 Å². The molecule has 0 fully saturated rings. The van der Waals surface area contributed by atoms with Gasteiger partial charge in [-0.3, -0.25) is 24.0 Å². The van der Waals surface area contributed by atoms with Crippen molar-refractivity contribution in [3.8, 4) is 11.4 Å². The van der Waals surface area contributed by atoms with Crippen LogP contribution in [-0.2, 0) is 122 Å². The Balaban J connectivity index is 0.644. The third-order valence-corrected chi connectivity index (χ3v) is 21.6. The van der Waals surface area contributed by atoms with E-state index in [9.17, 15) is 63.9 Å². The molecule has 714 valence electrons. The van der Waals surface area contributed by atoms with Crippen LogP contribution in [0.2, 0.25) is 0 Å². The summed E-state index contributed by atoms with van der Waals surface area (Å²) in [7, 11) is 0. The van der Waals surface area contributed by atoms with Crippen LogP contribution in [0.25, 0.3) is 22.3 Å². The van der Waals surface area contributed by atoms with Crippen molar-refractivity contribution in [1.29, 1.82) is 0 Å². The predicted molar refractivity (Wildman–Crippen MR) is 457 cm³/mol. The number of fused-ring (bicyclic) bond motifs is 5. The number of halogens is 1. The molecule has 7 amide bonds. The molecule has 2 aliphatic heterocycles. The van der Waals surface area contributed by atoms with Gasteiger partial charge < -0.3 is 155 Å². The second kappa shape index (κ2) is 58.4. The van der Waals surface area contributed by atoms with E-state index in [1.165, 1.54) is 10.6 Å². The Labute approximate surface area is 738 Å². The number of esters is 1.